The lowest BCUT2D eigenvalue weighted by atomic mass is 9.95. The van der Waals surface area contributed by atoms with Gasteiger partial charge in [-0.2, -0.15) is 19.6 Å². The molecule has 0 heterocycles. The van der Waals surface area contributed by atoms with Gasteiger partial charge < -0.3 is 0 Å². The number of benzene rings is 2. The minimum atomic E-state index is -1.14. The van der Waals surface area contributed by atoms with E-state index in [0.29, 0.717) is 0 Å². The molecular formula is C29H26O13. The van der Waals surface area contributed by atoms with E-state index in [2.05, 4.69) is 55.6 Å². The molecule has 13 heteroatoms. The van der Waals surface area contributed by atoms with E-state index in [4.69, 9.17) is 9.78 Å². The number of rotatable bonds is 18. The van der Waals surface area contributed by atoms with E-state index in [1.807, 2.05) is 0 Å². The van der Waals surface area contributed by atoms with Crippen LogP contribution in [0.5, 0.6) is 0 Å². The average molecular weight is 583 g/mol. The van der Waals surface area contributed by atoms with Crippen molar-refractivity contribution in [1.82, 2.24) is 0 Å². The summed E-state index contributed by atoms with van der Waals surface area (Å²) in [5.74, 6) is -5.15. The zero-order valence-corrected chi connectivity index (χ0v) is 22.2. The molecule has 0 amide bonds. The van der Waals surface area contributed by atoms with Gasteiger partial charge in [-0.25, -0.2) is 19.2 Å². The van der Waals surface area contributed by atoms with Gasteiger partial charge in [-0.3, -0.25) is 24.3 Å². The van der Waals surface area contributed by atoms with Crippen molar-refractivity contribution >= 4 is 29.7 Å². The predicted molar refractivity (Wildman–Crippen MR) is 143 cm³/mol. The predicted octanol–water partition coefficient (Wildman–Crippen LogP) is 4.02. The first-order chi connectivity index (χ1) is 20.3. The molecule has 13 nitrogen and oxygen atoms in total. The molecule has 0 fully saturated rings. The van der Waals surface area contributed by atoms with Crippen LogP contribution in [0.3, 0.4) is 0 Å². The van der Waals surface area contributed by atoms with Gasteiger partial charge in [0.25, 0.3) is 0 Å². The average Bonchev–Trinajstić information content (AvgIpc) is 3.00. The van der Waals surface area contributed by atoms with E-state index in [0.717, 1.165) is 24.3 Å². The van der Waals surface area contributed by atoms with Crippen molar-refractivity contribution < 1.29 is 63.1 Å². The second-order valence-corrected chi connectivity index (χ2v) is 7.63. The van der Waals surface area contributed by atoms with Crippen molar-refractivity contribution in [3.63, 3.8) is 0 Å². The Labute approximate surface area is 239 Å². The molecule has 2 rings (SSSR count). The summed E-state index contributed by atoms with van der Waals surface area (Å²) < 4.78 is 0. The third-order valence-corrected chi connectivity index (χ3v) is 4.73. The lowest BCUT2D eigenvalue weighted by molar-refractivity contribution is -0.233. The van der Waals surface area contributed by atoms with Gasteiger partial charge in [-0.05, 0) is 24.3 Å². The largest absolute Gasteiger partial charge is 0.373 e. The Morgan fingerprint density at radius 1 is 0.476 bits per heavy atom. The highest BCUT2D eigenvalue weighted by Gasteiger charge is 2.26. The fourth-order valence-corrected chi connectivity index (χ4v) is 2.95. The Morgan fingerprint density at radius 2 is 0.762 bits per heavy atom. The lowest BCUT2D eigenvalue weighted by Gasteiger charge is -2.11. The van der Waals surface area contributed by atoms with Crippen LogP contribution in [0.4, 0.5) is 0 Å². The third-order valence-electron chi connectivity index (χ3n) is 4.73. The van der Waals surface area contributed by atoms with Crippen molar-refractivity contribution in [2.75, 3.05) is 26.4 Å². The van der Waals surface area contributed by atoms with Gasteiger partial charge in [0.1, 0.15) is 26.4 Å². The first-order valence-corrected chi connectivity index (χ1v) is 11.9. The summed E-state index contributed by atoms with van der Waals surface area (Å²) in [6, 6.07) is 6.76. The van der Waals surface area contributed by atoms with E-state index in [-0.39, 0.29) is 48.7 Å². The standard InChI is InChI=1S/C29H26O13/c1-5-13-35-39-26(31)21-11-9-19(17-23(21)28(33)41-37-15-7-3)25(30)20-10-12-22(27(32)40-36-14-6-2)24(18-20)29(34)42-38-16-8-4/h5-12,17-18H,1-4,13-16H2. The minimum Gasteiger partial charge on any atom is -0.292 e. The molecule has 0 saturated heterocycles. The molecule has 0 spiro atoms. The van der Waals surface area contributed by atoms with Gasteiger partial charge in [0.15, 0.2) is 5.78 Å². The third kappa shape index (κ3) is 9.46. The number of hydrogen-bond acceptors (Lipinski definition) is 13. The molecule has 0 aromatic heterocycles. The molecule has 0 unspecified atom stereocenters. The first-order valence-electron chi connectivity index (χ1n) is 11.9. The summed E-state index contributed by atoms with van der Waals surface area (Å²) in [4.78, 5) is 101. The summed E-state index contributed by atoms with van der Waals surface area (Å²) in [5, 5.41) is 0. The molecule has 0 atom stereocenters. The molecule has 0 N–H and O–H groups in total. The summed E-state index contributed by atoms with van der Waals surface area (Å²) in [7, 11) is 0. The van der Waals surface area contributed by atoms with Crippen LogP contribution in [-0.4, -0.2) is 56.1 Å². The maximum absolute atomic E-state index is 13.4. The van der Waals surface area contributed by atoms with Gasteiger partial charge in [0, 0.05) is 11.1 Å². The maximum Gasteiger partial charge on any atom is 0.373 e. The summed E-state index contributed by atoms with van der Waals surface area (Å²) in [5.41, 5.74) is -1.70. The fraction of sp³-hybridized carbons (Fsp3) is 0.138. The molecule has 0 aliphatic rings. The lowest BCUT2D eigenvalue weighted by Crippen LogP contribution is -2.17. The van der Waals surface area contributed by atoms with Crippen molar-refractivity contribution in [2.45, 2.75) is 0 Å². The highest BCUT2D eigenvalue weighted by atomic mass is 17.2. The molecule has 0 saturated carbocycles. The molecular weight excluding hydrogens is 556 g/mol. The molecule has 2 aromatic rings. The van der Waals surface area contributed by atoms with Crippen LogP contribution >= 0.6 is 0 Å². The van der Waals surface area contributed by atoms with Crippen LogP contribution in [0.1, 0.15) is 57.4 Å². The molecule has 0 bridgehead atoms. The van der Waals surface area contributed by atoms with E-state index < -0.39 is 40.8 Å². The maximum atomic E-state index is 13.4. The zero-order chi connectivity index (χ0) is 30.9. The second kappa shape index (κ2) is 17.5. The Hall–Kier alpha value is -5.21. The Morgan fingerprint density at radius 3 is 1.05 bits per heavy atom. The number of carbonyl (C=O) groups excluding carboxylic acids is 5. The number of ketones is 1. The Bertz CT molecular complexity index is 1260. The smallest absolute Gasteiger partial charge is 0.292 e. The van der Waals surface area contributed by atoms with Gasteiger partial charge in [-0.15, -0.1) is 26.3 Å². The van der Waals surface area contributed by atoms with Crippen molar-refractivity contribution in [1.29, 1.82) is 0 Å². The number of carbonyl (C=O) groups is 5. The van der Waals surface area contributed by atoms with E-state index >= 15 is 0 Å². The Balaban J connectivity index is 2.49. The van der Waals surface area contributed by atoms with E-state index in [1.54, 1.807) is 0 Å². The topological polar surface area (TPSA) is 159 Å². The van der Waals surface area contributed by atoms with Gasteiger partial charge in [0.05, 0.1) is 22.3 Å². The molecule has 2 aromatic carbocycles. The van der Waals surface area contributed by atoms with Crippen molar-refractivity contribution in [3.8, 4) is 0 Å². The normalized spacial score (nSPS) is 10.1. The highest BCUT2D eigenvalue weighted by molar-refractivity contribution is 6.13. The SMILES string of the molecule is C=CCOOC(=O)c1ccc(C(=O)c2ccc(C(=O)OOCC=C)c(C(=O)OOCC=C)c2)cc1C(=O)OOCC=C. The first kappa shape index (κ1) is 33.0. The van der Waals surface area contributed by atoms with Crippen LogP contribution in [0.2, 0.25) is 0 Å². The monoisotopic (exact) mass is 582 g/mol. The van der Waals surface area contributed by atoms with Crippen LogP contribution < -0.4 is 0 Å². The number of hydrogen-bond donors (Lipinski definition) is 0. The van der Waals surface area contributed by atoms with E-state index in [9.17, 15) is 24.0 Å². The fourth-order valence-electron chi connectivity index (χ4n) is 2.95. The quantitative estimate of drug-likeness (QED) is 0.0816. The van der Waals surface area contributed by atoms with Crippen LogP contribution in [0, 0.1) is 0 Å². The van der Waals surface area contributed by atoms with Gasteiger partial charge in [-0.1, -0.05) is 36.4 Å². The molecule has 0 aliphatic carbocycles. The summed E-state index contributed by atoms with van der Waals surface area (Å²) in [6.07, 6.45) is 5.26. The van der Waals surface area contributed by atoms with Crippen LogP contribution in [-0.2, 0) is 39.1 Å². The van der Waals surface area contributed by atoms with Crippen molar-refractivity contribution in [2.24, 2.45) is 0 Å². The molecule has 0 aliphatic heterocycles. The van der Waals surface area contributed by atoms with Crippen LogP contribution in [0.25, 0.3) is 0 Å². The van der Waals surface area contributed by atoms with Gasteiger partial charge in [0.2, 0.25) is 0 Å². The highest BCUT2D eigenvalue weighted by Crippen LogP contribution is 2.21. The van der Waals surface area contributed by atoms with E-state index in [1.165, 1.54) is 36.4 Å². The molecule has 0 radical (unpaired) electrons. The molecule has 42 heavy (non-hydrogen) atoms. The summed E-state index contributed by atoms with van der Waals surface area (Å²) in [6.45, 7) is 13.1. The van der Waals surface area contributed by atoms with Crippen molar-refractivity contribution in [3.05, 3.63) is 120 Å². The minimum absolute atomic E-state index is 0.124. The van der Waals surface area contributed by atoms with Gasteiger partial charge >= 0.3 is 23.9 Å². The van der Waals surface area contributed by atoms with Crippen LogP contribution in [0.15, 0.2) is 87.0 Å². The Kier molecular flexibility index (Phi) is 13.7. The molecule has 220 valence electrons. The zero-order valence-electron chi connectivity index (χ0n) is 22.2. The second-order valence-electron chi connectivity index (χ2n) is 7.63. The summed E-state index contributed by atoms with van der Waals surface area (Å²) >= 11 is 0.